The van der Waals surface area contributed by atoms with E-state index in [1.165, 1.54) is 51.4 Å². The number of nitrogens with one attached hydrogen (secondary N) is 1. The fraction of sp³-hybridized carbons (Fsp3) is 1.00. The first-order valence-electron chi connectivity index (χ1n) is 8.55. The molecule has 1 aliphatic rings. The Morgan fingerprint density at radius 2 is 1.84 bits per heavy atom. The highest BCUT2D eigenvalue weighted by molar-refractivity contribution is 4.96. The third-order valence-corrected chi connectivity index (χ3v) is 4.73. The average Bonchev–Trinajstić information content (AvgIpc) is 2.41. The molecule has 0 radical (unpaired) electrons. The molecule has 19 heavy (non-hydrogen) atoms. The molecule has 1 rings (SSSR count). The number of hydrogen-bond donors (Lipinski definition) is 1. The van der Waals surface area contributed by atoms with E-state index in [0.717, 1.165) is 19.1 Å². The number of rotatable bonds is 9. The summed E-state index contributed by atoms with van der Waals surface area (Å²) in [6.07, 6.45) is 10.4. The molecule has 0 aromatic rings. The van der Waals surface area contributed by atoms with Gasteiger partial charge in [-0.05, 0) is 51.5 Å². The fourth-order valence-corrected chi connectivity index (χ4v) is 3.53. The van der Waals surface area contributed by atoms with Crippen molar-refractivity contribution in [1.29, 1.82) is 0 Å². The van der Waals surface area contributed by atoms with Crippen molar-refractivity contribution in [1.82, 2.24) is 5.32 Å². The topological polar surface area (TPSA) is 21.3 Å². The van der Waals surface area contributed by atoms with Gasteiger partial charge < -0.3 is 10.1 Å². The quantitative estimate of drug-likeness (QED) is 0.621. The van der Waals surface area contributed by atoms with E-state index in [9.17, 15) is 0 Å². The van der Waals surface area contributed by atoms with Crippen LogP contribution in [0, 0.1) is 5.92 Å². The predicted molar refractivity (Wildman–Crippen MR) is 83.6 cm³/mol. The van der Waals surface area contributed by atoms with E-state index in [1.54, 1.807) is 0 Å². The average molecular weight is 269 g/mol. The summed E-state index contributed by atoms with van der Waals surface area (Å²) in [4.78, 5) is 0. The molecular formula is C17H35NO. The molecule has 2 heteroatoms. The van der Waals surface area contributed by atoms with E-state index in [4.69, 9.17) is 4.74 Å². The molecule has 0 aromatic carbocycles. The highest BCUT2D eigenvalue weighted by Gasteiger charge is 2.41. The first kappa shape index (κ1) is 17.0. The van der Waals surface area contributed by atoms with E-state index in [-0.39, 0.29) is 5.60 Å². The van der Waals surface area contributed by atoms with E-state index in [2.05, 4.69) is 33.0 Å². The Morgan fingerprint density at radius 1 is 1.16 bits per heavy atom. The zero-order chi connectivity index (χ0) is 14.1. The van der Waals surface area contributed by atoms with Crippen molar-refractivity contribution in [3.05, 3.63) is 0 Å². The summed E-state index contributed by atoms with van der Waals surface area (Å²) >= 11 is 0. The van der Waals surface area contributed by atoms with Crippen LogP contribution in [-0.2, 0) is 4.74 Å². The predicted octanol–water partition coefficient (Wildman–Crippen LogP) is 4.53. The van der Waals surface area contributed by atoms with Crippen molar-refractivity contribution in [2.45, 2.75) is 90.7 Å². The first-order valence-corrected chi connectivity index (χ1v) is 8.55. The van der Waals surface area contributed by atoms with Gasteiger partial charge in [-0.2, -0.15) is 0 Å². The molecule has 0 bridgehead atoms. The maximum absolute atomic E-state index is 6.30. The van der Waals surface area contributed by atoms with Gasteiger partial charge >= 0.3 is 0 Å². The molecule has 0 spiro atoms. The maximum atomic E-state index is 6.30. The SMILES string of the molecule is CCCCCC(NCC)C1(OCC)CCC(C)CC1. The smallest absolute Gasteiger partial charge is 0.0834 e. The van der Waals surface area contributed by atoms with E-state index < -0.39 is 0 Å². The van der Waals surface area contributed by atoms with Crippen LogP contribution in [0.1, 0.15) is 79.1 Å². The lowest BCUT2D eigenvalue weighted by Crippen LogP contribution is -2.54. The van der Waals surface area contributed by atoms with Gasteiger partial charge in [0.05, 0.1) is 5.60 Å². The molecule has 0 aliphatic heterocycles. The van der Waals surface area contributed by atoms with Gasteiger partial charge in [-0.3, -0.25) is 0 Å². The molecule has 1 aliphatic carbocycles. The minimum absolute atomic E-state index is 0.116. The number of unbranched alkanes of at least 4 members (excludes halogenated alkanes) is 2. The molecule has 0 aromatic heterocycles. The molecular weight excluding hydrogens is 234 g/mol. The van der Waals surface area contributed by atoms with Crippen LogP contribution in [0.25, 0.3) is 0 Å². The van der Waals surface area contributed by atoms with Crippen LogP contribution in [0.5, 0.6) is 0 Å². The maximum Gasteiger partial charge on any atom is 0.0834 e. The molecule has 1 fully saturated rings. The van der Waals surface area contributed by atoms with Gasteiger partial charge in [-0.1, -0.05) is 40.0 Å². The Bertz CT molecular complexity index is 221. The Hall–Kier alpha value is -0.0800. The van der Waals surface area contributed by atoms with Gasteiger partial charge in [0.2, 0.25) is 0 Å². The summed E-state index contributed by atoms with van der Waals surface area (Å²) < 4.78 is 6.30. The lowest BCUT2D eigenvalue weighted by atomic mass is 9.74. The second kappa shape index (κ2) is 8.97. The van der Waals surface area contributed by atoms with Crippen molar-refractivity contribution >= 4 is 0 Å². The molecule has 1 unspecified atom stereocenters. The Labute approximate surface area is 120 Å². The van der Waals surface area contributed by atoms with Gasteiger partial charge in [-0.25, -0.2) is 0 Å². The summed E-state index contributed by atoms with van der Waals surface area (Å²) in [6.45, 7) is 10.9. The standard InChI is InChI=1S/C17H35NO/c1-5-8-9-10-16(18-6-2)17(19-7-3)13-11-15(4)12-14-17/h15-16,18H,5-14H2,1-4H3. The Kier molecular flexibility index (Phi) is 8.01. The molecule has 114 valence electrons. The number of ether oxygens (including phenoxy) is 1. The van der Waals surface area contributed by atoms with Crippen LogP contribution in [0.4, 0.5) is 0 Å². The lowest BCUT2D eigenvalue weighted by molar-refractivity contribution is -0.0978. The number of likely N-dealkylation sites (N-methyl/N-ethyl adjacent to an activating group) is 1. The third kappa shape index (κ3) is 5.07. The van der Waals surface area contributed by atoms with Gasteiger partial charge in [0.15, 0.2) is 0 Å². The van der Waals surface area contributed by atoms with Crippen molar-refractivity contribution in [3.8, 4) is 0 Å². The highest BCUT2D eigenvalue weighted by Crippen LogP contribution is 2.38. The van der Waals surface area contributed by atoms with Crippen LogP contribution < -0.4 is 5.32 Å². The van der Waals surface area contributed by atoms with E-state index in [0.29, 0.717) is 6.04 Å². The van der Waals surface area contributed by atoms with Crippen LogP contribution >= 0.6 is 0 Å². The minimum Gasteiger partial charge on any atom is -0.374 e. The zero-order valence-corrected chi connectivity index (χ0v) is 13.6. The summed E-state index contributed by atoms with van der Waals surface area (Å²) in [7, 11) is 0. The van der Waals surface area contributed by atoms with Crippen molar-refractivity contribution in [3.63, 3.8) is 0 Å². The Balaban J connectivity index is 2.67. The molecule has 2 nitrogen and oxygen atoms in total. The summed E-state index contributed by atoms with van der Waals surface area (Å²) in [6, 6.07) is 0.552. The van der Waals surface area contributed by atoms with E-state index in [1.807, 2.05) is 0 Å². The first-order chi connectivity index (χ1) is 9.18. The minimum atomic E-state index is 0.116. The molecule has 0 amide bonds. The van der Waals surface area contributed by atoms with Gasteiger partial charge in [0.1, 0.15) is 0 Å². The van der Waals surface area contributed by atoms with Crippen molar-refractivity contribution < 1.29 is 4.74 Å². The molecule has 1 atom stereocenters. The van der Waals surface area contributed by atoms with Crippen LogP contribution in [0.15, 0.2) is 0 Å². The number of hydrogen-bond acceptors (Lipinski definition) is 2. The van der Waals surface area contributed by atoms with Crippen LogP contribution in [-0.4, -0.2) is 24.8 Å². The fourth-order valence-electron chi connectivity index (χ4n) is 3.53. The molecule has 1 N–H and O–H groups in total. The monoisotopic (exact) mass is 269 g/mol. The van der Waals surface area contributed by atoms with Gasteiger partial charge in [0, 0.05) is 12.6 Å². The third-order valence-electron chi connectivity index (χ3n) is 4.73. The van der Waals surface area contributed by atoms with Crippen molar-refractivity contribution in [2.75, 3.05) is 13.2 Å². The summed E-state index contributed by atoms with van der Waals surface area (Å²) in [5.41, 5.74) is 0.116. The summed E-state index contributed by atoms with van der Waals surface area (Å²) in [5.74, 6) is 0.881. The van der Waals surface area contributed by atoms with Crippen molar-refractivity contribution in [2.24, 2.45) is 5.92 Å². The Morgan fingerprint density at radius 3 is 2.37 bits per heavy atom. The molecule has 0 saturated heterocycles. The normalized spacial score (nSPS) is 29.4. The molecule has 1 saturated carbocycles. The van der Waals surface area contributed by atoms with Gasteiger partial charge in [-0.15, -0.1) is 0 Å². The van der Waals surface area contributed by atoms with Crippen LogP contribution in [0.3, 0.4) is 0 Å². The molecule has 0 heterocycles. The second-order valence-electron chi connectivity index (χ2n) is 6.29. The lowest BCUT2D eigenvalue weighted by Gasteiger charge is -2.45. The summed E-state index contributed by atoms with van der Waals surface area (Å²) in [5, 5.41) is 3.73. The van der Waals surface area contributed by atoms with E-state index >= 15 is 0 Å². The van der Waals surface area contributed by atoms with Gasteiger partial charge in [0.25, 0.3) is 0 Å². The largest absolute Gasteiger partial charge is 0.374 e. The zero-order valence-electron chi connectivity index (χ0n) is 13.6. The second-order valence-corrected chi connectivity index (χ2v) is 6.29. The van der Waals surface area contributed by atoms with Crippen LogP contribution in [0.2, 0.25) is 0 Å². The highest BCUT2D eigenvalue weighted by atomic mass is 16.5.